The van der Waals surface area contributed by atoms with Crippen molar-refractivity contribution in [1.82, 2.24) is 9.97 Å². The first-order valence-electron chi connectivity index (χ1n) is 5.64. The highest BCUT2D eigenvalue weighted by molar-refractivity contribution is 8.76. The lowest BCUT2D eigenvalue weighted by Crippen LogP contribution is -2.03. The molecule has 0 bridgehead atoms. The third kappa shape index (κ3) is 2.21. The van der Waals surface area contributed by atoms with Crippen molar-refractivity contribution in [3.8, 4) is 0 Å². The quantitative estimate of drug-likeness (QED) is 0.631. The van der Waals surface area contributed by atoms with Gasteiger partial charge in [0.05, 0.1) is 28.3 Å². The minimum atomic E-state index is 0.479. The van der Waals surface area contributed by atoms with Gasteiger partial charge in [0.2, 0.25) is 0 Å². The van der Waals surface area contributed by atoms with Crippen LogP contribution in [0.3, 0.4) is 0 Å². The molecule has 0 aliphatic carbocycles. The number of hydrogen-bond donors (Lipinski definition) is 1. The molecule has 0 radical (unpaired) electrons. The fourth-order valence-electron chi connectivity index (χ4n) is 1.94. The average Bonchev–Trinajstić information content (AvgIpc) is 2.40. The van der Waals surface area contributed by atoms with Crippen LogP contribution in [0.1, 0.15) is 23.8 Å². The zero-order valence-corrected chi connectivity index (χ0v) is 10.9. The van der Waals surface area contributed by atoms with Crippen molar-refractivity contribution in [3.63, 3.8) is 0 Å². The van der Waals surface area contributed by atoms with Crippen LogP contribution >= 0.6 is 21.6 Å². The molecule has 1 aromatic heterocycles. The maximum absolute atomic E-state index is 5.87. The van der Waals surface area contributed by atoms with Gasteiger partial charge in [-0.25, -0.2) is 4.98 Å². The molecule has 1 unspecified atom stereocenters. The highest BCUT2D eigenvalue weighted by atomic mass is 33.1. The maximum Gasteiger partial charge on any atom is 0.112 e. The summed E-state index contributed by atoms with van der Waals surface area (Å²) < 4.78 is 0. The maximum atomic E-state index is 5.87. The Kier molecular flexibility index (Phi) is 3.11. The van der Waals surface area contributed by atoms with Crippen molar-refractivity contribution in [1.29, 1.82) is 0 Å². The van der Waals surface area contributed by atoms with Gasteiger partial charge in [-0.2, -0.15) is 0 Å². The van der Waals surface area contributed by atoms with Crippen LogP contribution in [0, 0.1) is 0 Å². The van der Waals surface area contributed by atoms with Gasteiger partial charge < -0.3 is 5.73 Å². The molecule has 2 heterocycles. The zero-order valence-electron chi connectivity index (χ0n) is 9.30. The molecule has 2 N–H and O–H groups in total. The largest absolute Gasteiger partial charge is 0.397 e. The molecule has 0 amide bonds. The molecular formula is C12H13N3S2. The van der Waals surface area contributed by atoms with E-state index in [4.69, 9.17) is 5.73 Å². The van der Waals surface area contributed by atoms with Gasteiger partial charge >= 0.3 is 0 Å². The van der Waals surface area contributed by atoms with Gasteiger partial charge in [-0.15, -0.1) is 0 Å². The van der Waals surface area contributed by atoms with Crippen molar-refractivity contribution in [2.75, 3.05) is 11.5 Å². The lowest BCUT2D eigenvalue weighted by Gasteiger charge is -2.19. The molecule has 88 valence electrons. The van der Waals surface area contributed by atoms with Crippen LogP contribution in [0.5, 0.6) is 0 Å². The van der Waals surface area contributed by atoms with Gasteiger partial charge in [0.15, 0.2) is 0 Å². The summed E-state index contributed by atoms with van der Waals surface area (Å²) in [7, 11) is 3.84. The van der Waals surface area contributed by atoms with E-state index in [0.717, 1.165) is 16.7 Å². The molecule has 1 aromatic carbocycles. The molecule has 17 heavy (non-hydrogen) atoms. The van der Waals surface area contributed by atoms with E-state index < -0.39 is 0 Å². The van der Waals surface area contributed by atoms with E-state index in [0.29, 0.717) is 10.9 Å². The number of nitrogen functional groups attached to an aromatic ring is 1. The number of nitrogens with zero attached hydrogens (tertiary/aromatic N) is 2. The summed E-state index contributed by atoms with van der Waals surface area (Å²) in [6, 6.07) is 5.77. The third-order valence-electron chi connectivity index (χ3n) is 2.83. The van der Waals surface area contributed by atoms with Gasteiger partial charge in [0.1, 0.15) is 5.52 Å². The van der Waals surface area contributed by atoms with Gasteiger partial charge in [0, 0.05) is 5.75 Å². The van der Waals surface area contributed by atoms with Crippen molar-refractivity contribution >= 4 is 38.3 Å². The molecule has 5 heteroatoms. The molecule has 1 saturated heterocycles. The molecule has 2 aromatic rings. The number of rotatable bonds is 1. The van der Waals surface area contributed by atoms with E-state index in [-0.39, 0.29) is 0 Å². The predicted molar refractivity (Wildman–Crippen MR) is 76.0 cm³/mol. The average molecular weight is 263 g/mol. The fourth-order valence-corrected chi connectivity index (χ4v) is 4.68. The summed E-state index contributed by atoms with van der Waals surface area (Å²) in [5.74, 6) is 1.25. The number of anilines is 1. The summed E-state index contributed by atoms with van der Waals surface area (Å²) >= 11 is 0. The van der Waals surface area contributed by atoms with Crippen LogP contribution in [0.25, 0.3) is 11.0 Å². The van der Waals surface area contributed by atoms with Gasteiger partial charge in [0.25, 0.3) is 0 Å². The highest BCUT2D eigenvalue weighted by Crippen LogP contribution is 2.45. The summed E-state index contributed by atoms with van der Waals surface area (Å²) in [4.78, 5) is 9.13. The predicted octanol–water partition coefficient (Wildman–Crippen LogP) is 3.43. The number of fused-ring (bicyclic) bond motifs is 1. The van der Waals surface area contributed by atoms with Crippen molar-refractivity contribution in [2.24, 2.45) is 0 Å². The standard InChI is InChI=1S/C12H13N3S2/c13-8-3-1-4-9-12(8)14-7-10(15-9)11-5-2-6-16-17-11/h1,3-4,7,11H,2,5-6,13H2. The summed E-state index contributed by atoms with van der Waals surface area (Å²) in [6.07, 6.45) is 4.33. The third-order valence-corrected chi connectivity index (χ3v) is 5.74. The van der Waals surface area contributed by atoms with Crippen LogP contribution in [0.15, 0.2) is 24.4 Å². The van der Waals surface area contributed by atoms with E-state index >= 15 is 0 Å². The van der Waals surface area contributed by atoms with Crippen LogP contribution < -0.4 is 5.73 Å². The van der Waals surface area contributed by atoms with Crippen molar-refractivity contribution in [3.05, 3.63) is 30.1 Å². The molecular weight excluding hydrogens is 250 g/mol. The minimum Gasteiger partial charge on any atom is -0.397 e. The topological polar surface area (TPSA) is 51.8 Å². The highest BCUT2D eigenvalue weighted by Gasteiger charge is 2.18. The van der Waals surface area contributed by atoms with Gasteiger partial charge in [-0.05, 0) is 25.0 Å². The summed E-state index contributed by atoms with van der Waals surface area (Å²) in [5.41, 5.74) is 9.37. The van der Waals surface area contributed by atoms with E-state index in [1.807, 2.05) is 46.0 Å². The molecule has 1 atom stereocenters. The van der Waals surface area contributed by atoms with E-state index in [1.165, 1.54) is 18.6 Å². The molecule has 0 spiro atoms. The van der Waals surface area contributed by atoms with Crippen LogP contribution in [0.4, 0.5) is 5.69 Å². The number of nitrogens with two attached hydrogens (primary N) is 1. The Balaban J connectivity index is 2.01. The second-order valence-electron chi connectivity index (χ2n) is 4.06. The van der Waals surface area contributed by atoms with Crippen molar-refractivity contribution < 1.29 is 0 Å². The van der Waals surface area contributed by atoms with E-state index in [2.05, 4.69) is 9.97 Å². The Morgan fingerprint density at radius 2 is 2.29 bits per heavy atom. The first-order valence-corrected chi connectivity index (χ1v) is 8.02. The second-order valence-corrected chi connectivity index (χ2v) is 6.75. The Hall–Kier alpha value is -0.940. The van der Waals surface area contributed by atoms with E-state index in [9.17, 15) is 0 Å². The lowest BCUT2D eigenvalue weighted by molar-refractivity contribution is 0.764. The van der Waals surface area contributed by atoms with Crippen LogP contribution in [-0.4, -0.2) is 15.7 Å². The summed E-state index contributed by atoms with van der Waals surface area (Å²) in [6.45, 7) is 0. The molecule has 0 saturated carbocycles. The zero-order chi connectivity index (χ0) is 11.7. The summed E-state index contributed by atoms with van der Waals surface area (Å²) in [5, 5.41) is 0.479. The SMILES string of the molecule is Nc1cccc2nc(C3CCCSS3)cnc12. The van der Waals surface area contributed by atoms with Crippen LogP contribution in [0.2, 0.25) is 0 Å². The number of hydrogen-bond acceptors (Lipinski definition) is 5. The Bertz CT molecular complexity index is 538. The Morgan fingerprint density at radius 3 is 3.12 bits per heavy atom. The molecule has 1 aliphatic rings. The molecule has 1 fully saturated rings. The number of para-hydroxylation sites is 1. The normalized spacial score (nSPS) is 20.6. The number of benzene rings is 1. The van der Waals surface area contributed by atoms with E-state index in [1.54, 1.807) is 0 Å². The molecule has 1 aliphatic heterocycles. The first-order chi connectivity index (χ1) is 8.34. The van der Waals surface area contributed by atoms with Crippen molar-refractivity contribution in [2.45, 2.75) is 18.1 Å². The smallest absolute Gasteiger partial charge is 0.112 e. The minimum absolute atomic E-state index is 0.479. The van der Waals surface area contributed by atoms with Crippen LogP contribution in [-0.2, 0) is 0 Å². The van der Waals surface area contributed by atoms with Gasteiger partial charge in [-0.3, -0.25) is 4.98 Å². The molecule has 3 rings (SSSR count). The second kappa shape index (κ2) is 4.74. The first kappa shape index (κ1) is 11.2. The lowest BCUT2D eigenvalue weighted by atomic mass is 10.2. The molecule has 3 nitrogen and oxygen atoms in total. The Morgan fingerprint density at radius 1 is 1.35 bits per heavy atom. The monoisotopic (exact) mass is 263 g/mol. The van der Waals surface area contributed by atoms with Gasteiger partial charge in [-0.1, -0.05) is 27.7 Å². The Labute approximate surface area is 108 Å². The number of aromatic nitrogens is 2. The fraction of sp³-hybridized carbons (Fsp3) is 0.333.